The first-order valence-corrected chi connectivity index (χ1v) is 5.63. The molecule has 82 valence electrons. The molecule has 0 unspecified atom stereocenters. The lowest BCUT2D eigenvalue weighted by molar-refractivity contribution is 0.847. The first-order chi connectivity index (χ1) is 7.18. The minimum absolute atomic E-state index is 0.548. The van der Waals surface area contributed by atoms with Crippen molar-refractivity contribution in [1.29, 1.82) is 0 Å². The van der Waals surface area contributed by atoms with Gasteiger partial charge < -0.3 is 4.98 Å². The van der Waals surface area contributed by atoms with Crippen molar-refractivity contribution in [3.8, 4) is 0 Å². The molecule has 0 spiro atoms. The number of fused-ring (bicyclic) bond motifs is 1. The molecule has 15 heavy (non-hydrogen) atoms. The number of aromatic amines is 1. The fraction of sp³-hybridized carbons (Fsp3) is 0.462. The Bertz CT molecular complexity index is 427. The van der Waals surface area contributed by atoms with Gasteiger partial charge in [0.05, 0.1) is 0 Å². The summed E-state index contributed by atoms with van der Waals surface area (Å²) < 4.78 is 0. The van der Waals surface area contributed by atoms with Gasteiger partial charge in [-0.1, -0.05) is 27.7 Å². The first kappa shape index (κ1) is 11.8. The van der Waals surface area contributed by atoms with E-state index in [1.165, 1.54) is 10.9 Å². The lowest BCUT2D eigenvalue weighted by Gasteiger charge is -2.08. The van der Waals surface area contributed by atoms with Crippen LogP contribution in [0.25, 0.3) is 11.0 Å². The highest BCUT2D eigenvalue weighted by Crippen LogP contribution is 2.21. The summed E-state index contributed by atoms with van der Waals surface area (Å²) in [6, 6.07) is 4.28. The number of hydrogen-bond acceptors (Lipinski definition) is 1. The smallest absolute Gasteiger partial charge is 0.137 e. The second-order valence-electron chi connectivity index (χ2n) is 3.73. The summed E-state index contributed by atoms with van der Waals surface area (Å²) >= 11 is 0. The maximum absolute atomic E-state index is 4.50. The predicted octanol–water partition coefficient (Wildman–Crippen LogP) is 4.02. The van der Waals surface area contributed by atoms with Crippen LogP contribution in [-0.2, 0) is 0 Å². The van der Waals surface area contributed by atoms with Gasteiger partial charge in [-0.05, 0) is 30.5 Å². The number of aromatic nitrogens is 2. The van der Waals surface area contributed by atoms with Gasteiger partial charge >= 0.3 is 0 Å². The maximum atomic E-state index is 4.50. The van der Waals surface area contributed by atoms with Crippen LogP contribution in [0.3, 0.4) is 0 Å². The van der Waals surface area contributed by atoms with E-state index in [-0.39, 0.29) is 0 Å². The van der Waals surface area contributed by atoms with E-state index in [9.17, 15) is 0 Å². The van der Waals surface area contributed by atoms with Crippen molar-refractivity contribution in [2.24, 2.45) is 0 Å². The number of pyridine rings is 1. The number of hydrogen-bond donors (Lipinski definition) is 1. The first-order valence-electron chi connectivity index (χ1n) is 5.63. The molecule has 0 saturated carbocycles. The van der Waals surface area contributed by atoms with Crippen molar-refractivity contribution in [3.63, 3.8) is 0 Å². The summed E-state index contributed by atoms with van der Waals surface area (Å²) in [7, 11) is 0. The van der Waals surface area contributed by atoms with E-state index in [0.717, 1.165) is 11.3 Å². The summed E-state index contributed by atoms with van der Waals surface area (Å²) in [5.41, 5.74) is 3.46. The Hall–Kier alpha value is -1.31. The van der Waals surface area contributed by atoms with Crippen molar-refractivity contribution in [2.75, 3.05) is 0 Å². The van der Waals surface area contributed by atoms with E-state index in [1.807, 2.05) is 20.0 Å². The summed E-state index contributed by atoms with van der Waals surface area (Å²) in [6.07, 6.45) is 1.93. The fourth-order valence-electron chi connectivity index (χ4n) is 1.67. The average Bonchev–Trinajstić information content (AvgIpc) is 2.66. The van der Waals surface area contributed by atoms with Gasteiger partial charge in [-0.3, -0.25) is 0 Å². The summed E-state index contributed by atoms with van der Waals surface area (Å²) in [6.45, 7) is 10.5. The Kier molecular flexibility index (Phi) is 3.89. The zero-order valence-electron chi connectivity index (χ0n) is 10.3. The molecule has 0 saturated heterocycles. The van der Waals surface area contributed by atoms with Gasteiger partial charge in [0, 0.05) is 17.3 Å². The van der Waals surface area contributed by atoms with Crippen LogP contribution in [0, 0.1) is 6.92 Å². The van der Waals surface area contributed by atoms with Crippen LogP contribution in [0.2, 0.25) is 0 Å². The Labute approximate surface area is 91.7 Å². The normalized spacial score (nSPS) is 10.3. The molecule has 2 nitrogen and oxygen atoms in total. The molecule has 1 N–H and O–H groups in total. The van der Waals surface area contributed by atoms with Crippen molar-refractivity contribution in [1.82, 2.24) is 9.97 Å². The molecule has 0 aliphatic heterocycles. The second kappa shape index (κ2) is 4.96. The molecule has 2 aromatic heterocycles. The van der Waals surface area contributed by atoms with Crippen molar-refractivity contribution >= 4 is 11.0 Å². The highest BCUT2D eigenvalue weighted by molar-refractivity contribution is 5.76. The van der Waals surface area contributed by atoms with Gasteiger partial charge in [0.2, 0.25) is 0 Å². The Morgan fingerprint density at radius 1 is 1.27 bits per heavy atom. The number of nitrogens with one attached hydrogen (secondary N) is 1. The van der Waals surface area contributed by atoms with Crippen LogP contribution in [-0.4, -0.2) is 9.97 Å². The van der Waals surface area contributed by atoms with Crippen LogP contribution in [0.1, 0.15) is 44.9 Å². The quantitative estimate of drug-likeness (QED) is 0.746. The Balaban J connectivity index is 0.000000531. The third-order valence-corrected chi connectivity index (χ3v) is 2.39. The van der Waals surface area contributed by atoms with E-state index in [4.69, 9.17) is 0 Å². The minimum Gasteiger partial charge on any atom is -0.346 e. The molecule has 2 rings (SSSR count). The highest BCUT2D eigenvalue weighted by Gasteiger charge is 2.06. The molecule has 0 bridgehead atoms. The van der Waals surface area contributed by atoms with Crippen LogP contribution < -0.4 is 0 Å². The van der Waals surface area contributed by atoms with E-state index in [1.54, 1.807) is 0 Å². The standard InChI is InChI=1S/C11H14N2.C2H6/c1-7(2)10-6-9-4-5-12-11(9)13-8(10)3;1-2/h4-7H,1-3H3,(H,12,13);1-2H3. The fourth-order valence-corrected chi connectivity index (χ4v) is 1.67. The van der Waals surface area contributed by atoms with Crippen molar-refractivity contribution < 1.29 is 0 Å². The molecule has 0 aromatic carbocycles. The lowest BCUT2D eigenvalue weighted by Crippen LogP contribution is -1.94. The molecule has 2 heteroatoms. The number of nitrogens with zero attached hydrogens (tertiary/aromatic N) is 1. The molecule has 0 aliphatic carbocycles. The van der Waals surface area contributed by atoms with Gasteiger partial charge in [-0.2, -0.15) is 0 Å². The molecule has 0 atom stereocenters. The third-order valence-electron chi connectivity index (χ3n) is 2.39. The van der Waals surface area contributed by atoms with Crippen molar-refractivity contribution in [3.05, 3.63) is 29.6 Å². The van der Waals surface area contributed by atoms with Gasteiger partial charge in [-0.15, -0.1) is 0 Å². The topological polar surface area (TPSA) is 28.7 Å². The monoisotopic (exact) mass is 204 g/mol. The number of aryl methyl sites for hydroxylation is 1. The lowest BCUT2D eigenvalue weighted by atomic mass is 10.0. The van der Waals surface area contributed by atoms with Crippen LogP contribution in [0.5, 0.6) is 0 Å². The minimum atomic E-state index is 0.548. The summed E-state index contributed by atoms with van der Waals surface area (Å²) in [4.78, 5) is 7.62. The summed E-state index contributed by atoms with van der Waals surface area (Å²) in [5.74, 6) is 0.548. The average molecular weight is 204 g/mol. The van der Waals surface area contributed by atoms with Crippen LogP contribution >= 0.6 is 0 Å². The van der Waals surface area contributed by atoms with Crippen LogP contribution in [0.15, 0.2) is 18.3 Å². The molecule has 0 amide bonds. The van der Waals surface area contributed by atoms with E-state index in [0.29, 0.717) is 5.92 Å². The molecular formula is C13H20N2. The second-order valence-corrected chi connectivity index (χ2v) is 3.73. The molecule has 0 aliphatic rings. The van der Waals surface area contributed by atoms with Gasteiger partial charge in [-0.25, -0.2) is 4.98 Å². The summed E-state index contributed by atoms with van der Waals surface area (Å²) in [5, 5.41) is 1.20. The molecule has 0 radical (unpaired) electrons. The van der Waals surface area contributed by atoms with Crippen molar-refractivity contribution in [2.45, 2.75) is 40.5 Å². The SMILES string of the molecule is CC.Cc1nc2[nH]ccc2cc1C(C)C. The Morgan fingerprint density at radius 3 is 2.53 bits per heavy atom. The van der Waals surface area contributed by atoms with E-state index in [2.05, 4.69) is 42.9 Å². The molecule has 2 heterocycles. The zero-order valence-corrected chi connectivity index (χ0v) is 10.3. The molecule has 2 aromatic rings. The predicted molar refractivity (Wildman–Crippen MR) is 66.3 cm³/mol. The maximum Gasteiger partial charge on any atom is 0.137 e. The highest BCUT2D eigenvalue weighted by atomic mass is 14.8. The zero-order chi connectivity index (χ0) is 11.4. The van der Waals surface area contributed by atoms with Crippen LogP contribution in [0.4, 0.5) is 0 Å². The van der Waals surface area contributed by atoms with Gasteiger partial charge in [0.15, 0.2) is 0 Å². The molecule has 0 fully saturated rings. The van der Waals surface area contributed by atoms with Gasteiger partial charge in [0.1, 0.15) is 5.65 Å². The molecular weight excluding hydrogens is 184 g/mol. The van der Waals surface area contributed by atoms with E-state index < -0.39 is 0 Å². The Morgan fingerprint density at radius 2 is 1.93 bits per heavy atom. The third kappa shape index (κ3) is 2.38. The van der Waals surface area contributed by atoms with Gasteiger partial charge in [0.25, 0.3) is 0 Å². The largest absolute Gasteiger partial charge is 0.346 e. The number of H-pyrrole nitrogens is 1. The van der Waals surface area contributed by atoms with E-state index >= 15 is 0 Å². The number of rotatable bonds is 1.